The zero-order chi connectivity index (χ0) is 17.4. The van der Waals surface area contributed by atoms with Gasteiger partial charge in [0.1, 0.15) is 0 Å². The fraction of sp³-hybridized carbons (Fsp3) is 0.350. The quantitative estimate of drug-likeness (QED) is 0.784. The van der Waals surface area contributed by atoms with Gasteiger partial charge in [0.25, 0.3) is 0 Å². The maximum Gasteiger partial charge on any atom is 0.234 e. The highest BCUT2D eigenvalue weighted by Gasteiger charge is 2.20. The minimum atomic E-state index is -0.853. The van der Waals surface area contributed by atoms with E-state index in [1.807, 2.05) is 65.6 Å². The van der Waals surface area contributed by atoms with E-state index in [1.165, 1.54) is 0 Å². The summed E-state index contributed by atoms with van der Waals surface area (Å²) in [5.41, 5.74) is 1.34. The van der Waals surface area contributed by atoms with Gasteiger partial charge in [0, 0.05) is 19.6 Å². The predicted molar refractivity (Wildman–Crippen MR) is 96.3 cm³/mol. The molecule has 0 spiro atoms. The maximum atomic E-state index is 12.3. The van der Waals surface area contributed by atoms with Crippen molar-refractivity contribution in [1.82, 2.24) is 10.2 Å². The van der Waals surface area contributed by atoms with Gasteiger partial charge in [0.15, 0.2) is 0 Å². The van der Waals surface area contributed by atoms with Crippen molar-refractivity contribution in [2.45, 2.75) is 32.5 Å². The first-order valence-electron chi connectivity index (χ1n) is 8.22. The minimum Gasteiger partial charge on any atom is -0.389 e. The molecule has 24 heavy (non-hydrogen) atoms. The Hall–Kier alpha value is -2.17. The second-order valence-electron chi connectivity index (χ2n) is 6.71. The molecule has 0 saturated carbocycles. The summed E-state index contributed by atoms with van der Waals surface area (Å²) in [4.78, 5) is 14.2. The Balaban J connectivity index is 1.92. The molecule has 4 nitrogen and oxygen atoms in total. The van der Waals surface area contributed by atoms with Gasteiger partial charge in [-0.05, 0) is 25.0 Å². The molecule has 2 rings (SSSR count). The molecule has 0 unspecified atom stereocenters. The number of carbonyl (C=O) groups excluding carboxylic acids is 1. The smallest absolute Gasteiger partial charge is 0.234 e. The van der Waals surface area contributed by atoms with E-state index >= 15 is 0 Å². The zero-order valence-corrected chi connectivity index (χ0v) is 14.4. The second kappa shape index (κ2) is 8.62. The van der Waals surface area contributed by atoms with Gasteiger partial charge in [-0.2, -0.15) is 0 Å². The van der Waals surface area contributed by atoms with E-state index in [0.29, 0.717) is 19.6 Å². The van der Waals surface area contributed by atoms with Gasteiger partial charge in [-0.1, -0.05) is 60.7 Å². The van der Waals surface area contributed by atoms with Crippen LogP contribution in [0.3, 0.4) is 0 Å². The number of hydrogen-bond donors (Lipinski definition) is 2. The Bertz CT molecular complexity index is 621. The monoisotopic (exact) mass is 326 g/mol. The van der Waals surface area contributed by atoms with E-state index in [4.69, 9.17) is 0 Å². The Morgan fingerprint density at radius 2 is 1.54 bits per heavy atom. The highest BCUT2D eigenvalue weighted by atomic mass is 16.3. The maximum absolute atomic E-state index is 12.3. The zero-order valence-electron chi connectivity index (χ0n) is 14.4. The third kappa shape index (κ3) is 6.94. The normalized spacial score (nSPS) is 11.5. The summed E-state index contributed by atoms with van der Waals surface area (Å²) in [5, 5.41) is 13.1. The van der Waals surface area contributed by atoms with Crippen LogP contribution >= 0.6 is 0 Å². The number of carbonyl (C=O) groups is 1. The first kappa shape index (κ1) is 18.2. The molecule has 2 aromatic carbocycles. The van der Waals surface area contributed by atoms with Crippen molar-refractivity contribution in [3.8, 4) is 0 Å². The molecule has 4 heteroatoms. The lowest BCUT2D eigenvalue weighted by Crippen LogP contribution is -2.43. The number of nitrogens with one attached hydrogen (secondary N) is 1. The van der Waals surface area contributed by atoms with Crippen LogP contribution in [-0.2, 0) is 17.9 Å². The number of benzene rings is 2. The van der Waals surface area contributed by atoms with E-state index in [-0.39, 0.29) is 12.5 Å². The summed E-state index contributed by atoms with van der Waals surface area (Å²) in [5.74, 6) is -0.0426. The van der Waals surface area contributed by atoms with Gasteiger partial charge >= 0.3 is 0 Å². The van der Waals surface area contributed by atoms with E-state index in [9.17, 15) is 9.90 Å². The Kier molecular flexibility index (Phi) is 6.53. The summed E-state index contributed by atoms with van der Waals surface area (Å²) in [6.45, 7) is 5.34. The summed E-state index contributed by atoms with van der Waals surface area (Å²) in [6, 6.07) is 19.8. The standard InChI is InChI=1S/C20H26N2O2/c1-20(2,24)16-22(14-18-11-7-4-8-12-18)15-19(23)21-13-17-9-5-3-6-10-17/h3-12,24H,13-16H2,1-2H3,(H,21,23). The van der Waals surface area contributed by atoms with E-state index < -0.39 is 5.60 Å². The molecule has 0 atom stereocenters. The first-order chi connectivity index (χ1) is 11.4. The number of nitrogens with zero attached hydrogens (tertiary/aromatic N) is 1. The average molecular weight is 326 g/mol. The summed E-state index contributed by atoms with van der Waals surface area (Å²) < 4.78 is 0. The molecule has 1 amide bonds. The van der Waals surface area contributed by atoms with Gasteiger partial charge < -0.3 is 10.4 Å². The number of amides is 1. The van der Waals surface area contributed by atoms with Crippen LogP contribution in [0.2, 0.25) is 0 Å². The molecule has 0 radical (unpaired) electrons. The Morgan fingerprint density at radius 1 is 1.00 bits per heavy atom. The van der Waals surface area contributed by atoms with Crippen LogP contribution in [0.5, 0.6) is 0 Å². The van der Waals surface area contributed by atoms with Crippen LogP contribution in [-0.4, -0.2) is 34.6 Å². The van der Waals surface area contributed by atoms with Gasteiger partial charge in [-0.25, -0.2) is 0 Å². The predicted octanol–water partition coefficient (Wildman–Crippen LogP) is 2.58. The molecule has 2 aromatic rings. The molecule has 0 aliphatic rings. The molecule has 0 saturated heterocycles. The van der Waals surface area contributed by atoms with Crippen molar-refractivity contribution in [3.05, 3.63) is 71.8 Å². The molecule has 0 aliphatic carbocycles. The van der Waals surface area contributed by atoms with Crippen molar-refractivity contribution in [3.63, 3.8) is 0 Å². The summed E-state index contributed by atoms with van der Waals surface area (Å²) in [6.07, 6.45) is 0. The van der Waals surface area contributed by atoms with E-state index in [0.717, 1.165) is 11.1 Å². The van der Waals surface area contributed by atoms with Crippen LogP contribution in [0, 0.1) is 0 Å². The average Bonchev–Trinajstić information content (AvgIpc) is 2.53. The molecule has 128 valence electrons. The fourth-order valence-corrected chi connectivity index (χ4v) is 2.61. The minimum absolute atomic E-state index is 0.0426. The SMILES string of the molecule is CC(C)(O)CN(CC(=O)NCc1ccccc1)Cc1ccccc1. The fourth-order valence-electron chi connectivity index (χ4n) is 2.61. The first-order valence-corrected chi connectivity index (χ1v) is 8.22. The van der Waals surface area contributed by atoms with Gasteiger partial charge in [0.05, 0.1) is 12.1 Å². The van der Waals surface area contributed by atoms with Crippen molar-refractivity contribution in [2.24, 2.45) is 0 Å². The molecular weight excluding hydrogens is 300 g/mol. The number of rotatable bonds is 8. The second-order valence-corrected chi connectivity index (χ2v) is 6.71. The summed E-state index contributed by atoms with van der Waals surface area (Å²) in [7, 11) is 0. The lowest BCUT2D eigenvalue weighted by Gasteiger charge is -2.28. The third-order valence-electron chi connectivity index (χ3n) is 3.56. The molecule has 0 bridgehead atoms. The van der Waals surface area contributed by atoms with E-state index in [1.54, 1.807) is 13.8 Å². The van der Waals surface area contributed by atoms with Gasteiger partial charge in [-0.3, -0.25) is 9.69 Å². The largest absolute Gasteiger partial charge is 0.389 e. The number of aliphatic hydroxyl groups is 1. The van der Waals surface area contributed by atoms with Crippen molar-refractivity contribution >= 4 is 5.91 Å². The highest BCUT2D eigenvalue weighted by Crippen LogP contribution is 2.10. The highest BCUT2D eigenvalue weighted by molar-refractivity contribution is 5.78. The van der Waals surface area contributed by atoms with Crippen molar-refractivity contribution < 1.29 is 9.90 Å². The molecular formula is C20H26N2O2. The molecule has 2 N–H and O–H groups in total. The Morgan fingerprint density at radius 3 is 2.08 bits per heavy atom. The molecule has 0 fully saturated rings. The van der Waals surface area contributed by atoms with Crippen LogP contribution in [0.1, 0.15) is 25.0 Å². The van der Waals surface area contributed by atoms with E-state index in [2.05, 4.69) is 5.32 Å². The van der Waals surface area contributed by atoms with Crippen LogP contribution in [0.15, 0.2) is 60.7 Å². The Labute approximate surface area is 144 Å². The lowest BCUT2D eigenvalue weighted by molar-refractivity contribution is -0.123. The third-order valence-corrected chi connectivity index (χ3v) is 3.56. The lowest BCUT2D eigenvalue weighted by atomic mass is 10.1. The molecule has 0 aromatic heterocycles. The molecule has 0 heterocycles. The topological polar surface area (TPSA) is 52.6 Å². The van der Waals surface area contributed by atoms with Gasteiger partial charge in [-0.15, -0.1) is 0 Å². The van der Waals surface area contributed by atoms with Crippen molar-refractivity contribution in [2.75, 3.05) is 13.1 Å². The van der Waals surface area contributed by atoms with Crippen LogP contribution in [0.25, 0.3) is 0 Å². The van der Waals surface area contributed by atoms with Gasteiger partial charge in [0.2, 0.25) is 5.91 Å². The van der Waals surface area contributed by atoms with Crippen molar-refractivity contribution in [1.29, 1.82) is 0 Å². The summed E-state index contributed by atoms with van der Waals surface area (Å²) >= 11 is 0. The van der Waals surface area contributed by atoms with Crippen LogP contribution in [0.4, 0.5) is 0 Å². The molecule has 0 aliphatic heterocycles. The van der Waals surface area contributed by atoms with Crippen LogP contribution < -0.4 is 5.32 Å². The number of hydrogen-bond acceptors (Lipinski definition) is 3.